The fraction of sp³-hybridized carbons (Fsp3) is 0. The van der Waals surface area contributed by atoms with Crippen molar-refractivity contribution in [2.45, 2.75) is 0 Å². The number of hydrogen-bond acceptors (Lipinski definition) is 1. The van der Waals surface area contributed by atoms with Gasteiger partial charge in [0.1, 0.15) is 0 Å². The van der Waals surface area contributed by atoms with Crippen LogP contribution in [-0.4, -0.2) is 4.40 Å². The zero-order valence-electron chi connectivity index (χ0n) is 29.7. The van der Waals surface area contributed by atoms with Crippen LogP contribution in [-0.2, 0) is 0 Å². The quantitative estimate of drug-likeness (QED) is 0.162. The highest BCUT2D eigenvalue weighted by Gasteiger charge is 2.21. The van der Waals surface area contributed by atoms with Crippen LogP contribution in [0.3, 0.4) is 0 Å². The molecule has 0 unspecified atom stereocenters. The number of rotatable bonds is 7. The monoisotopic (exact) mass is 688 g/mol. The number of para-hydroxylation sites is 3. The maximum Gasteiger partial charge on any atom is 0.0625 e. The second kappa shape index (κ2) is 13.4. The van der Waals surface area contributed by atoms with Gasteiger partial charge in [-0.15, -0.1) is 0 Å². The van der Waals surface area contributed by atoms with E-state index < -0.39 is 0 Å². The van der Waals surface area contributed by atoms with E-state index in [-0.39, 0.29) is 0 Å². The highest BCUT2D eigenvalue weighted by molar-refractivity contribution is 6.13. The van der Waals surface area contributed by atoms with E-state index >= 15 is 0 Å². The number of benzene rings is 8. The predicted octanol–water partition coefficient (Wildman–Crippen LogP) is 14.4. The molecule has 0 atom stereocenters. The Morgan fingerprint density at radius 1 is 0.315 bits per heavy atom. The molecule has 0 aliphatic carbocycles. The molecule has 0 bridgehead atoms. The smallest absolute Gasteiger partial charge is 0.0625 e. The van der Waals surface area contributed by atoms with Gasteiger partial charge in [-0.2, -0.15) is 0 Å². The van der Waals surface area contributed by atoms with E-state index in [9.17, 15) is 0 Å². The van der Waals surface area contributed by atoms with E-state index in [1.807, 2.05) is 0 Å². The van der Waals surface area contributed by atoms with Crippen LogP contribution in [0.2, 0.25) is 0 Å². The summed E-state index contributed by atoms with van der Waals surface area (Å²) in [6.07, 6.45) is 0. The van der Waals surface area contributed by atoms with Crippen molar-refractivity contribution in [3.63, 3.8) is 0 Å². The largest absolute Gasteiger partial charge is 0.310 e. The molecule has 0 fully saturated rings. The van der Waals surface area contributed by atoms with Gasteiger partial charge < -0.3 is 9.30 Å². The molecule has 10 rings (SSSR count). The highest BCUT2D eigenvalue weighted by Crippen LogP contribution is 2.44. The average molecular weight is 689 g/mol. The molecular formula is C52H36N2. The molecule has 0 amide bonds. The number of hydrogen-bond donors (Lipinski definition) is 0. The molecule has 2 heterocycles. The minimum atomic E-state index is 1.09. The average Bonchev–Trinajstić information content (AvgIpc) is 3.61. The van der Waals surface area contributed by atoms with Gasteiger partial charge in [-0.05, 0) is 99.4 Å². The molecule has 54 heavy (non-hydrogen) atoms. The fourth-order valence-corrected chi connectivity index (χ4v) is 8.05. The molecule has 2 heteroatoms. The molecule has 2 nitrogen and oxygen atoms in total. The lowest BCUT2D eigenvalue weighted by molar-refractivity contribution is 1.28. The highest BCUT2D eigenvalue weighted by atomic mass is 15.1. The van der Waals surface area contributed by atoms with Crippen LogP contribution in [0, 0.1) is 0 Å². The Balaban J connectivity index is 1.18. The summed E-state index contributed by atoms with van der Waals surface area (Å²) in [5.74, 6) is 0. The van der Waals surface area contributed by atoms with E-state index in [0.29, 0.717) is 0 Å². The molecular weight excluding hydrogens is 653 g/mol. The first-order chi connectivity index (χ1) is 26.8. The fourth-order valence-electron chi connectivity index (χ4n) is 8.05. The SMILES string of the molecule is c1ccc(-c2cc(-c3ccccc3)cc(N(c3ccccc3)c3ccc(-c4cc5ccccc5n5c4c(-c4ccccc4)c4ccccc45)cc3)c2)cc1. The van der Waals surface area contributed by atoms with Crippen LogP contribution in [0.4, 0.5) is 17.1 Å². The maximum absolute atomic E-state index is 2.46. The Morgan fingerprint density at radius 3 is 1.44 bits per heavy atom. The van der Waals surface area contributed by atoms with Crippen LogP contribution < -0.4 is 4.90 Å². The Bertz CT molecular complexity index is 2840. The van der Waals surface area contributed by atoms with Crippen LogP contribution in [0.5, 0.6) is 0 Å². The van der Waals surface area contributed by atoms with Gasteiger partial charge in [0.2, 0.25) is 0 Å². The summed E-state index contributed by atoms with van der Waals surface area (Å²) in [5.41, 5.74) is 16.5. The first-order valence-electron chi connectivity index (χ1n) is 18.5. The van der Waals surface area contributed by atoms with Gasteiger partial charge in [0.05, 0.1) is 16.6 Å². The van der Waals surface area contributed by atoms with E-state index in [0.717, 1.165) is 17.1 Å². The summed E-state index contributed by atoms with van der Waals surface area (Å²) in [4.78, 5) is 2.37. The third-order valence-electron chi connectivity index (χ3n) is 10.5. The van der Waals surface area contributed by atoms with Crippen LogP contribution in [0.15, 0.2) is 218 Å². The number of pyridine rings is 1. The van der Waals surface area contributed by atoms with E-state index in [2.05, 4.69) is 228 Å². The van der Waals surface area contributed by atoms with E-state index in [4.69, 9.17) is 0 Å². The first kappa shape index (κ1) is 31.6. The van der Waals surface area contributed by atoms with Crippen molar-refractivity contribution in [1.29, 1.82) is 0 Å². The van der Waals surface area contributed by atoms with Gasteiger partial charge >= 0.3 is 0 Å². The number of aromatic nitrogens is 1. The molecule has 0 radical (unpaired) electrons. The molecule has 0 saturated carbocycles. The van der Waals surface area contributed by atoms with E-state index in [1.165, 1.54) is 71.8 Å². The maximum atomic E-state index is 2.46. The Labute approximate surface area is 315 Å². The summed E-state index contributed by atoms with van der Waals surface area (Å²) < 4.78 is 2.46. The zero-order chi connectivity index (χ0) is 35.8. The van der Waals surface area contributed by atoms with Gasteiger partial charge in [-0.1, -0.05) is 158 Å². The molecule has 254 valence electrons. The topological polar surface area (TPSA) is 7.65 Å². The summed E-state index contributed by atoms with van der Waals surface area (Å²) >= 11 is 0. The third-order valence-corrected chi connectivity index (χ3v) is 10.5. The Hall–Kier alpha value is -7.16. The van der Waals surface area contributed by atoms with Gasteiger partial charge in [-0.25, -0.2) is 0 Å². The zero-order valence-corrected chi connectivity index (χ0v) is 29.7. The molecule has 10 aromatic rings. The molecule has 0 spiro atoms. The van der Waals surface area contributed by atoms with Gasteiger partial charge in [0.25, 0.3) is 0 Å². The van der Waals surface area contributed by atoms with Crippen molar-refractivity contribution in [2.24, 2.45) is 0 Å². The lowest BCUT2D eigenvalue weighted by atomic mass is 9.96. The van der Waals surface area contributed by atoms with Gasteiger partial charge in [-0.3, -0.25) is 0 Å². The number of fused-ring (bicyclic) bond motifs is 5. The number of nitrogens with zero attached hydrogens (tertiary/aromatic N) is 2. The van der Waals surface area contributed by atoms with Gasteiger partial charge in [0.15, 0.2) is 0 Å². The minimum Gasteiger partial charge on any atom is -0.310 e. The van der Waals surface area contributed by atoms with E-state index in [1.54, 1.807) is 0 Å². The molecule has 0 aliphatic rings. The third kappa shape index (κ3) is 5.53. The minimum absolute atomic E-state index is 1.09. The van der Waals surface area contributed by atoms with Crippen molar-refractivity contribution in [3.05, 3.63) is 218 Å². The molecule has 0 N–H and O–H groups in total. The van der Waals surface area contributed by atoms with Crippen molar-refractivity contribution >= 4 is 44.4 Å². The van der Waals surface area contributed by atoms with Crippen molar-refractivity contribution < 1.29 is 0 Å². The standard InChI is InChI=1S/C52H36N2/c1-5-17-37(18-6-1)42-33-43(38-19-7-2-8-20-38)35-46(34-42)53(44-24-11-4-12-25-44)45-31-29-39(30-32-45)48-36-41-23-13-15-27-49(41)54-50-28-16-14-26-47(50)51(52(48)54)40-21-9-3-10-22-40/h1-36H. The Morgan fingerprint density at radius 2 is 0.815 bits per heavy atom. The summed E-state index contributed by atoms with van der Waals surface area (Å²) in [6, 6.07) is 78.8. The second-order valence-electron chi connectivity index (χ2n) is 13.8. The second-order valence-corrected chi connectivity index (χ2v) is 13.8. The normalized spacial score (nSPS) is 11.3. The van der Waals surface area contributed by atoms with Crippen molar-refractivity contribution in [1.82, 2.24) is 4.40 Å². The summed E-state index contributed by atoms with van der Waals surface area (Å²) in [7, 11) is 0. The molecule has 2 aromatic heterocycles. The van der Waals surface area contributed by atoms with Crippen LogP contribution >= 0.6 is 0 Å². The molecule has 0 aliphatic heterocycles. The molecule has 8 aromatic carbocycles. The summed E-state index contributed by atoms with van der Waals surface area (Å²) in [6.45, 7) is 0. The first-order valence-corrected chi connectivity index (χ1v) is 18.5. The lowest BCUT2D eigenvalue weighted by Gasteiger charge is -2.27. The number of anilines is 3. The van der Waals surface area contributed by atoms with Crippen molar-refractivity contribution in [3.8, 4) is 44.5 Å². The summed E-state index contributed by atoms with van der Waals surface area (Å²) in [5, 5.41) is 2.46. The molecule has 0 saturated heterocycles. The van der Waals surface area contributed by atoms with Crippen molar-refractivity contribution in [2.75, 3.05) is 4.90 Å². The lowest BCUT2D eigenvalue weighted by Crippen LogP contribution is -2.10. The van der Waals surface area contributed by atoms with Crippen LogP contribution in [0.1, 0.15) is 0 Å². The predicted molar refractivity (Wildman–Crippen MR) is 229 cm³/mol. The Kier molecular flexibility index (Phi) is 7.85. The van der Waals surface area contributed by atoms with Crippen LogP contribution in [0.25, 0.3) is 71.8 Å². The van der Waals surface area contributed by atoms with Gasteiger partial charge in [0, 0.05) is 33.6 Å².